The summed E-state index contributed by atoms with van der Waals surface area (Å²) in [7, 11) is 0. The van der Waals surface area contributed by atoms with Crippen LogP contribution in [0.1, 0.15) is 11.1 Å². The second-order valence-corrected chi connectivity index (χ2v) is 6.60. The van der Waals surface area contributed by atoms with Crippen LogP contribution < -0.4 is 4.90 Å². The van der Waals surface area contributed by atoms with Crippen molar-refractivity contribution >= 4 is 29.1 Å². The van der Waals surface area contributed by atoms with Gasteiger partial charge in [0.05, 0.1) is 12.2 Å². The summed E-state index contributed by atoms with van der Waals surface area (Å²) in [5.74, 6) is -0.665. The number of amides is 2. The molecule has 0 aromatic heterocycles. The molecular formula is C18H15ClN4O2. The first-order chi connectivity index (χ1) is 12.0. The van der Waals surface area contributed by atoms with E-state index in [1.165, 1.54) is 4.90 Å². The number of nitrogens with zero attached hydrogens (tertiary/aromatic N) is 4. The van der Waals surface area contributed by atoms with Crippen LogP contribution in [0.3, 0.4) is 0 Å². The minimum atomic E-state index is -0.784. The Balaban J connectivity index is 1.59. The van der Waals surface area contributed by atoms with Crippen LogP contribution in [0, 0.1) is 6.92 Å². The molecule has 25 heavy (non-hydrogen) atoms. The van der Waals surface area contributed by atoms with Crippen LogP contribution in [0.5, 0.6) is 0 Å². The maximum absolute atomic E-state index is 12.8. The first-order valence-electron chi connectivity index (χ1n) is 7.91. The Hall–Kier alpha value is -2.73. The second-order valence-electron chi connectivity index (χ2n) is 6.17. The molecule has 0 aliphatic carbocycles. The summed E-state index contributed by atoms with van der Waals surface area (Å²) in [6.07, 6.45) is 0. The number of halogens is 1. The van der Waals surface area contributed by atoms with Crippen LogP contribution >= 0.6 is 11.6 Å². The number of aryl methyl sites for hydroxylation is 1. The summed E-state index contributed by atoms with van der Waals surface area (Å²) >= 11 is 5.88. The molecule has 0 radical (unpaired) electrons. The fourth-order valence-corrected chi connectivity index (χ4v) is 3.21. The molecule has 4 rings (SSSR count). The monoisotopic (exact) mass is 354 g/mol. The number of carbonyl (C=O) groups is 2. The van der Waals surface area contributed by atoms with E-state index in [4.69, 9.17) is 11.6 Å². The molecule has 1 fully saturated rings. The van der Waals surface area contributed by atoms with Crippen molar-refractivity contribution < 1.29 is 9.59 Å². The lowest BCUT2D eigenvalue weighted by Crippen LogP contribution is -2.39. The number of fused-ring (bicyclic) bond motifs is 1. The van der Waals surface area contributed by atoms with Crippen LogP contribution in [0.4, 0.5) is 5.69 Å². The molecule has 0 unspecified atom stereocenters. The van der Waals surface area contributed by atoms with E-state index in [1.807, 2.05) is 31.2 Å². The molecule has 7 heteroatoms. The molecule has 2 heterocycles. The molecule has 2 amide bonds. The fourth-order valence-electron chi connectivity index (χ4n) is 3.08. The number of hydrogen-bond donors (Lipinski definition) is 0. The molecule has 2 atom stereocenters. The first kappa shape index (κ1) is 15.8. The van der Waals surface area contributed by atoms with Gasteiger partial charge < -0.3 is 0 Å². The Morgan fingerprint density at radius 1 is 1.00 bits per heavy atom. The van der Waals surface area contributed by atoms with Gasteiger partial charge in [0.1, 0.15) is 0 Å². The van der Waals surface area contributed by atoms with E-state index in [0.29, 0.717) is 17.3 Å². The van der Waals surface area contributed by atoms with Gasteiger partial charge in [-0.3, -0.25) is 14.6 Å². The summed E-state index contributed by atoms with van der Waals surface area (Å²) in [6, 6.07) is 13.1. The van der Waals surface area contributed by atoms with Crippen LogP contribution in [0.15, 0.2) is 58.9 Å². The van der Waals surface area contributed by atoms with Gasteiger partial charge in [-0.05, 0) is 36.8 Å². The number of carbonyl (C=O) groups excluding carboxylic acids is 2. The van der Waals surface area contributed by atoms with E-state index in [2.05, 4.69) is 10.3 Å². The normalized spacial score (nSPS) is 22.0. The molecule has 2 aromatic carbocycles. The van der Waals surface area contributed by atoms with Crippen molar-refractivity contribution in [1.82, 2.24) is 5.01 Å². The Kier molecular flexibility index (Phi) is 3.77. The van der Waals surface area contributed by atoms with Gasteiger partial charge in [-0.2, -0.15) is 5.11 Å². The fraction of sp³-hybridized carbons (Fsp3) is 0.222. The highest BCUT2D eigenvalue weighted by Gasteiger charge is 2.54. The van der Waals surface area contributed by atoms with E-state index in [-0.39, 0.29) is 11.8 Å². The summed E-state index contributed by atoms with van der Waals surface area (Å²) in [6.45, 7) is 2.44. The van der Waals surface area contributed by atoms with Crippen LogP contribution in [0.2, 0.25) is 5.02 Å². The topological polar surface area (TPSA) is 65.3 Å². The predicted molar refractivity (Wildman–Crippen MR) is 93.1 cm³/mol. The number of hydrogen-bond acceptors (Lipinski definition) is 5. The zero-order valence-electron chi connectivity index (χ0n) is 13.5. The standard InChI is InChI=1S/C18H15ClN4O2/c1-11-2-4-12(5-3-11)10-22-16-15(20-21-22)17(24)23(18(16)25)14-8-6-13(19)7-9-14/h2-9,15-16H,10H2,1H3/t15-,16+/m0/s1. The number of rotatable bonds is 3. The third-order valence-electron chi connectivity index (χ3n) is 4.41. The zero-order valence-corrected chi connectivity index (χ0v) is 14.2. The van der Waals surface area contributed by atoms with Crippen molar-refractivity contribution in [2.24, 2.45) is 10.3 Å². The highest BCUT2D eigenvalue weighted by Crippen LogP contribution is 2.33. The highest BCUT2D eigenvalue weighted by molar-refractivity contribution is 6.31. The molecule has 0 saturated carbocycles. The molecule has 2 aliphatic rings. The molecule has 126 valence electrons. The third-order valence-corrected chi connectivity index (χ3v) is 4.66. The molecule has 2 aliphatic heterocycles. The molecule has 0 spiro atoms. The minimum absolute atomic E-state index is 0.311. The Bertz CT molecular complexity index is 864. The van der Waals surface area contributed by atoms with E-state index >= 15 is 0 Å². The van der Waals surface area contributed by atoms with E-state index in [1.54, 1.807) is 29.3 Å². The molecule has 2 aromatic rings. The summed E-state index contributed by atoms with van der Waals surface area (Å²) in [5.41, 5.74) is 2.67. The average molecular weight is 355 g/mol. The Morgan fingerprint density at radius 3 is 2.36 bits per heavy atom. The van der Waals surface area contributed by atoms with Crippen molar-refractivity contribution in [3.63, 3.8) is 0 Å². The lowest BCUT2D eigenvalue weighted by Gasteiger charge is -2.20. The van der Waals surface area contributed by atoms with Crippen molar-refractivity contribution in [3.05, 3.63) is 64.7 Å². The molecule has 0 N–H and O–H groups in total. The lowest BCUT2D eigenvalue weighted by atomic mass is 10.1. The van der Waals surface area contributed by atoms with Gasteiger partial charge in [-0.15, -0.1) is 0 Å². The quantitative estimate of drug-likeness (QED) is 0.795. The van der Waals surface area contributed by atoms with Crippen molar-refractivity contribution in [1.29, 1.82) is 0 Å². The lowest BCUT2D eigenvalue weighted by molar-refractivity contribution is -0.123. The molecule has 6 nitrogen and oxygen atoms in total. The van der Waals surface area contributed by atoms with Gasteiger partial charge in [-0.1, -0.05) is 46.7 Å². The van der Waals surface area contributed by atoms with Crippen molar-refractivity contribution in [2.75, 3.05) is 4.90 Å². The van der Waals surface area contributed by atoms with Gasteiger partial charge in [0.2, 0.25) is 0 Å². The van der Waals surface area contributed by atoms with Crippen molar-refractivity contribution in [2.45, 2.75) is 25.6 Å². The van der Waals surface area contributed by atoms with Crippen LogP contribution in [-0.4, -0.2) is 28.9 Å². The highest BCUT2D eigenvalue weighted by atomic mass is 35.5. The van der Waals surface area contributed by atoms with E-state index in [0.717, 1.165) is 11.1 Å². The van der Waals surface area contributed by atoms with E-state index < -0.39 is 12.1 Å². The van der Waals surface area contributed by atoms with Gasteiger partial charge >= 0.3 is 0 Å². The number of imide groups is 1. The SMILES string of the molecule is Cc1ccc(CN2N=N[C@@H]3C(=O)N(c4ccc(Cl)cc4)C(=O)[C@@H]32)cc1. The first-order valence-corrected chi connectivity index (χ1v) is 8.29. The zero-order chi connectivity index (χ0) is 17.6. The maximum atomic E-state index is 12.8. The average Bonchev–Trinajstić information content (AvgIpc) is 3.12. The summed E-state index contributed by atoms with van der Waals surface area (Å²) < 4.78 is 0. The van der Waals surface area contributed by atoms with Crippen LogP contribution in [0.25, 0.3) is 0 Å². The Morgan fingerprint density at radius 2 is 1.68 bits per heavy atom. The van der Waals surface area contributed by atoms with Gasteiger partial charge in [-0.25, -0.2) is 4.90 Å². The maximum Gasteiger partial charge on any atom is 0.263 e. The smallest absolute Gasteiger partial charge is 0.263 e. The second kappa shape index (κ2) is 5.97. The number of anilines is 1. The largest absolute Gasteiger partial charge is 0.271 e. The molecular weight excluding hydrogens is 340 g/mol. The third kappa shape index (κ3) is 2.68. The predicted octanol–water partition coefficient (Wildman–Crippen LogP) is 3.14. The van der Waals surface area contributed by atoms with E-state index in [9.17, 15) is 9.59 Å². The number of benzene rings is 2. The minimum Gasteiger partial charge on any atom is -0.271 e. The van der Waals surface area contributed by atoms with Gasteiger partial charge in [0.15, 0.2) is 12.1 Å². The van der Waals surface area contributed by atoms with Crippen molar-refractivity contribution in [3.8, 4) is 0 Å². The van der Waals surface area contributed by atoms with Gasteiger partial charge in [0.25, 0.3) is 11.8 Å². The van der Waals surface area contributed by atoms with Crippen LogP contribution in [-0.2, 0) is 16.1 Å². The Labute approximate surface area is 149 Å². The molecule has 1 saturated heterocycles. The van der Waals surface area contributed by atoms with Gasteiger partial charge in [0, 0.05) is 5.02 Å². The summed E-state index contributed by atoms with van der Waals surface area (Å²) in [5, 5.41) is 10.2. The summed E-state index contributed by atoms with van der Waals surface area (Å²) in [4.78, 5) is 26.6. The molecule has 0 bridgehead atoms.